The summed E-state index contributed by atoms with van der Waals surface area (Å²) in [5, 5.41) is 84.3. The topological polar surface area (TPSA) is 378 Å². The largest absolute Gasteiger partial charge is 0.463 e. The standard InChI is InChI=1S/C14H26O7.C10H18O7.C8H17NO.C8H16O2.2C5H10O.CH5N.2CH4O/c1-7(2)13(18)20-6-8-9(15)10(16)11(17)12(21-8)14(3,4)19-5;1-4(2)9(14)16-3-5-6(11)7(12)8(13)10(15)17-5;1-6(2)7(10)8(3,4)9-5;1-6(2)7(9)8(3,4)10-5;2*1-4(2)5(3)6;3*1-2/h7-12,15-17H,6H2,1-5H3;4-8,10-13,15H,3H2,1-2H3;6,9H,1-5H3;6H,1-5H3;2*4H,1-3H3;2H2,1H3;2*2H,1H3. The number of aliphatic hydroxyl groups is 9. The average molecular weight is 1110 g/mol. The third-order valence-electron chi connectivity index (χ3n) is 11.4. The monoisotopic (exact) mass is 1110 g/mol. The summed E-state index contributed by atoms with van der Waals surface area (Å²) in [5.41, 5.74) is 2.64. The van der Waals surface area contributed by atoms with Crippen molar-refractivity contribution in [2.24, 2.45) is 41.2 Å². The summed E-state index contributed by atoms with van der Waals surface area (Å²) in [6.07, 6.45) is -13.1. The number of Topliss-reactive ketones (excluding diaryl/α,β-unsaturated/α-hetero) is 4. The van der Waals surface area contributed by atoms with Gasteiger partial charge in [-0.1, -0.05) is 83.1 Å². The van der Waals surface area contributed by atoms with Gasteiger partial charge in [-0.25, -0.2) is 0 Å². The molecule has 0 radical (unpaired) electrons. The molecular formula is C53H110N2O21. The predicted molar refractivity (Wildman–Crippen MR) is 290 cm³/mol. The minimum Gasteiger partial charge on any atom is -0.463 e. The number of ether oxygens (including phenoxy) is 6. The van der Waals surface area contributed by atoms with Crippen LogP contribution in [0.5, 0.6) is 0 Å². The smallest absolute Gasteiger partial charge is 0.308 e. The molecule has 12 N–H and O–H groups in total. The van der Waals surface area contributed by atoms with Crippen LogP contribution in [0.1, 0.15) is 138 Å². The maximum atomic E-state index is 11.5. The second-order valence-electron chi connectivity index (χ2n) is 20.6. The van der Waals surface area contributed by atoms with Gasteiger partial charge in [0.1, 0.15) is 85.3 Å². The lowest BCUT2D eigenvalue weighted by Gasteiger charge is -2.46. The van der Waals surface area contributed by atoms with Gasteiger partial charge in [-0.3, -0.25) is 28.8 Å². The van der Waals surface area contributed by atoms with E-state index in [-0.39, 0.29) is 77.4 Å². The molecule has 0 saturated carbocycles. The summed E-state index contributed by atoms with van der Waals surface area (Å²) < 4.78 is 30.6. The van der Waals surface area contributed by atoms with Crippen molar-refractivity contribution in [3.05, 3.63) is 0 Å². The van der Waals surface area contributed by atoms with Crippen molar-refractivity contribution in [1.29, 1.82) is 0 Å². The minimum absolute atomic E-state index is 0.0509. The van der Waals surface area contributed by atoms with Crippen LogP contribution in [-0.2, 0) is 57.2 Å². The number of hydrogen-bond donors (Lipinski definition) is 11. The van der Waals surface area contributed by atoms with E-state index in [1.807, 2.05) is 69.2 Å². The first-order valence-corrected chi connectivity index (χ1v) is 25.3. The third-order valence-corrected chi connectivity index (χ3v) is 11.4. The molecule has 0 amide bonds. The summed E-state index contributed by atoms with van der Waals surface area (Å²) in [5.74, 6) is -0.00380. The summed E-state index contributed by atoms with van der Waals surface area (Å²) >= 11 is 0. The fraction of sp³-hybridized carbons (Fsp3) is 0.887. The first kappa shape index (κ1) is 86.9. The Balaban J connectivity index is -0.000000155. The molecule has 0 aromatic heterocycles. The van der Waals surface area contributed by atoms with Gasteiger partial charge in [0, 0.05) is 52.1 Å². The van der Waals surface area contributed by atoms with Crippen molar-refractivity contribution < 1.29 is 103 Å². The number of esters is 2. The second-order valence-corrected chi connectivity index (χ2v) is 20.6. The molecule has 0 bridgehead atoms. The Morgan fingerprint density at radius 1 is 0.487 bits per heavy atom. The van der Waals surface area contributed by atoms with Gasteiger partial charge in [0.25, 0.3) is 0 Å². The fourth-order valence-corrected chi connectivity index (χ4v) is 5.15. The van der Waals surface area contributed by atoms with E-state index < -0.39 is 84.4 Å². The first-order valence-electron chi connectivity index (χ1n) is 25.3. The molecule has 2 rings (SSSR count). The number of nitrogens with two attached hydrogens (primary N) is 1. The summed E-state index contributed by atoms with van der Waals surface area (Å²) in [7, 11) is 8.32. The van der Waals surface area contributed by atoms with E-state index in [1.165, 1.54) is 14.2 Å². The third kappa shape index (κ3) is 36.2. The second kappa shape index (κ2) is 44.8. The van der Waals surface area contributed by atoms with Crippen molar-refractivity contribution in [3.63, 3.8) is 0 Å². The van der Waals surface area contributed by atoms with Crippen LogP contribution < -0.4 is 11.1 Å². The van der Waals surface area contributed by atoms with Crippen molar-refractivity contribution in [2.75, 3.05) is 55.7 Å². The highest BCUT2D eigenvalue weighted by molar-refractivity contribution is 5.89. The zero-order valence-corrected chi connectivity index (χ0v) is 51.2. The quantitative estimate of drug-likeness (QED) is 0.0977. The molecule has 23 heteroatoms. The normalized spacial score (nSPS) is 22.9. The van der Waals surface area contributed by atoms with E-state index in [4.69, 9.17) is 38.6 Å². The first-order chi connectivity index (χ1) is 34.6. The molecule has 2 heterocycles. The number of carbonyl (C=O) groups excluding carboxylic acids is 6. The number of aliphatic hydroxyl groups excluding tert-OH is 9. The molecule has 458 valence electrons. The Bertz CT molecular complexity index is 1490. The zero-order chi connectivity index (χ0) is 62.6. The summed E-state index contributed by atoms with van der Waals surface area (Å²) in [4.78, 5) is 65.6. The molecule has 0 aromatic carbocycles. The Kier molecular flexibility index (Phi) is 51.3. The Morgan fingerprint density at radius 3 is 1.01 bits per heavy atom. The predicted octanol–water partition coefficient (Wildman–Crippen LogP) is 1.55. The van der Waals surface area contributed by atoms with Crippen LogP contribution in [-0.4, -0.2) is 215 Å². The number of carbonyl (C=O) groups is 6. The molecule has 76 heavy (non-hydrogen) atoms. The molecular weight excluding hydrogens is 1000 g/mol. The highest BCUT2D eigenvalue weighted by Gasteiger charge is 2.50. The van der Waals surface area contributed by atoms with Gasteiger partial charge in [0.05, 0.1) is 23.0 Å². The lowest BCUT2D eigenvalue weighted by molar-refractivity contribution is -0.287. The SMILES string of the molecule is CC(=O)C(C)C.CC(=O)C(C)C.CC(C)C(=O)OCC1OC(O)C(O)C(O)C1O.CN.CNC(C)(C)C(=O)C(C)C.CO.CO.COC(C)(C)C(=O)C(C)C.COC(C)(C)C1OC(COC(=O)C(C)C)C(O)C(O)C1O. The van der Waals surface area contributed by atoms with Crippen LogP contribution in [0.2, 0.25) is 0 Å². The van der Waals surface area contributed by atoms with Crippen LogP contribution in [0.4, 0.5) is 0 Å². The van der Waals surface area contributed by atoms with Crippen molar-refractivity contribution in [2.45, 2.75) is 216 Å². The number of likely N-dealkylation sites (N-methyl/N-ethyl adjacent to an activating group) is 1. The van der Waals surface area contributed by atoms with Crippen molar-refractivity contribution in [1.82, 2.24) is 5.32 Å². The van der Waals surface area contributed by atoms with Crippen LogP contribution in [0.15, 0.2) is 0 Å². The van der Waals surface area contributed by atoms with E-state index >= 15 is 0 Å². The van der Waals surface area contributed by atoms with Crippen LogP contribution in [0.3, 0.4) is 0 Å². The van der Waals surface area contributed by atoms with Gasteiger partial charge < -0.3 is 85.4 Å². The van der Waals surface area contributed by atoms with Crippen LogP contribution in [0.25, 0.3) is 0 Å². The molecule has 0 aliphatic carbocycles. The van der Waals surface area contributed by atoms with Crippen LogP contribution in [0, 0.1) is 35.5 Å². The van der Waals surface area contributed by atoms with E-state index in [0.717, 1.165) is 14.2 Å². The van der Waals surface area contributed by atoms with Crippen molar-refractivity contribution in [3.8, 4) is 0 Å². The van der Waals surface area contributed by atoms with E-state index in [9.17, 15) is 64.5 Å². The maximum absolute atomic E-state index is 11.5. The van der Waals surface area contributed by atoms with E-state index in [2.05, 4.69) is 11.1 Å². The molecule has 2 aliphatic heterocycles. The van der Waals surface area contributed by atoms with Gasteiger partial charge in [-0.05, 0) is 69.5 Å². The lowest BCUT2D eigenvalue weighted by atomic mass is 9.87. The van der Waals surface area contributed by atoms with E-state index in [1.54, 1.807) is 83.4 Å². The number of nitrogens with one attached hydrogen (secondary N) is 1. The number of methoxy groups -OCH3 is 2. The lowest BCUT2D eigenvalue weighted by Crippen LogP contribution is -2.64. The molecule has 0 aromatic rings. The maximum Gasteiger partial charge on any atom is 0.308 e. The molecule has 0 spiro atoms. The van der Waals surface area contributed by atoms with Gasteiger partial charge in [-0.2, -0.15) is 0 Å². The van der Waals surface area contributed by atoms with Gasteiger partial charge in [-0.15, -0.1) is 0 Å². The average Bonchev–Trinajstić information content (AvgIpc) is 3.37. The van der Waals surface area contributed by atoms with Crippen molar-refractivity contribution >= 4 is 35.1 Å². The Hall–Kier alpha value is -2.98. The fourth-order valence-electron chi connectivity index (χ4n) is 5.15. The molecule has 10 unspecified atom stereocenters. The summed E-state index contributed by atoms with van der Waals surface area (Å²) in [6.45, 7) is 35.3. The molecule has 2 saturated heterocycles. The molecule has 23 nitrogen and oxygen atoms in total. The summed E-state index contributed by atoms with van der Waals surface area (Å²) in [6, 6.07) is 0. The minimum atomic E-state index is -1.61. The number of ketones is 4. The highest BCUT2D eigenvalue weighted by atomic mass is 16.7. The molecule has 10 atom stereocenters. The molecule has 2 fully saturated rings. The Morgan fingerprint density at radius 2 is 0.789 bits per heavy atom. The van der Waals surface area contributed by atoms with Gasteiger partial charge in [0.15, 0.2) is 17.9 Å². The van der Waals surface area contributed by atoms with Gasteiger partial charge in [0.2, 0.25) is 0 Å². The van der Waals surface area contributed by atoms with Gasteiger partial charge >= 0.3 is 11.9 Å². The number of hydrogen-bond acceptors (Lipinski definition) is 23. The van der Waals surface area contributed by atoms with E-state index in [0.29, 0.717) is 0 Å². The molecule has 2 aliphatic rings. The highest BCUT2D eigenvalue weighted by Crippen LogP contribution is 2.30. The Labute approximate surface area is 455 Å². The zero-order valence-electron chi connectivity index (χ0n) is 51.2. The van der Waals surface area contributed by atoms with Crippen LogP contribution >= 0.6 is 0 Å². The number of rotatable bonds is 16.